The molecule has 0 aromatic carbocycles. The van der Waals surface area contributed by atoms with Gasteiger partial charge in [-0.25, -0.2) is 0 Å². The molecule has 2 aromatic rings. The largest absolute Gasteiger partial charge is 0.338 e. The minimum Gasteiger partial charge on any atom is -0.338 e. The van der Waals surface area contributed by atoms with Crippen LogP contribution in [-0.2, 0) is 0 Å². The van der Waals surface area contributed by atoms with Crippen molar-refractivity contribution in [1.82, 2.24) is 15.2 Å². The van der Waals surface area contributed by atoms with Gasteiger partial charge in [-0.15, -0.1) is 24.8 Å². The van der Waals surface area contributed by atoms with E-state index in [9.17, 15) is 4.79 Å². The van der Waals surface area contributed by atoms with E-state index in [0.29, 0.717) is 11.8 Å². The first-order valence-electron chi connectivity index (χ1n) is 7.72. The van der Waals surface area contributed by atoms with Crippen LogP contribution in [0.25, 0.3) is 11.3 Å². The Morgan fingerprint density at radius 2 is 1.92 bits per heavy atom. The molecule has 7 heteroatoms. The number of rotatable bonds is 2. The molecule has 0 bridgehead atoms. The molecule has 130 valence electrons. The average Bonchev–Trinajstić information content (AvgIpc) is 3.22. The predicted molar refractivity (Wildman–Crippen MR) is 103 cm³/mol. The number of aryl methyl sites for hydroxylation is 1. The number of nitrogens with one attached hydrogen (secondary N) is 1. The Labute approximate surface area is 158 Å². The summed E-state index contributed by atoms with van der Waals surface area (Å²) in [5.74, 6) is 1.39. The zero-order valence-electron chi connectivity index (χ0n) is 13.4. The number of hydrogen-bond acceptors (Lipinski definition) is 4. The van der Waals surface area contributed by atoms with E-state index in [1.165, 1.54) is 0 Å². The highest BCUT2D eigenvalue weighted by Gasteiger charge is 2.38. The molecule has 0 radical (unpaired) electrons. The molecule has 4 heterocycles. The number of amides is 1. The molecular weight excluding hydrogens is 365 g/mol. The summed E-state index contributed by atoms with van der Waals surface area (Å²) >= 11 is 1.66. The molecule has 2 aromatic heterocycles. The lowest BCUT2D eigenvalue weighted by atomic mass is 10.0. The number of fused-ring (bicyclic) bond motifs is 1. The predicted octanol–water partition coefficient (Wildman–Crippen LogP) is 3.25. The monoisotopic (exact) mass is 385 g/mol. The van der Waals surface area contributed by atoms with Gasteiger partial charge in [0, 0.05) is 37.1 Å². The van der Waals surface area contributed by atoms with Gasteiger partial charge in [0.1, 0.15) is 0 Å². The van der Waals surface area contributed by atoms with Gasteiger partial charge in [0.05, 0.1) is 17.0 Å². The van der Waals surface area contributed by atoms with E-state index < -0.39 is 0 Å². The van der Waals surface area contributed by atoms with E-state index in [1.807, 2.05) is 29.3 Å². The van der Waals surface area contributed by atoms with Crippen molar-refractivity contribution in [3.8, 4) is 11.3 Å². The molecule has 24 heavy (non-hydrogen) atoms. The molecule has 2 aliphatic heterocycles. The van der Waals surface area contributed by atoms with Crippen LogP contribution in [0.15, 0.2) is 29.0 Å². The van der Waals surface area contributed by atoms with Gasteiger partial charge in [-0.3, -0.25) is 9.78 Å². The van der Waals surface area contributed by atoms with Crippen LogP contribution in [-0.4, -0.2) is 42.0 Å². The number of carbonyl (C=O) groups is 1. The van der Waals surface area contributed by atoms with Crippen LogP contribution in [0, 0.1) is 18.8 Å². The second kappa shape index (κ2) is 7.83. The summed E-state index contributed by atoms with van der Waals surface area (Å²) in [7, 11) is 0. The number of nitrogens with zero attached hydrogens (tertiary/aromatic N) is 2. The first-order chi connectivity index (χ1) is 10.7. The van der Waals surface area contributed by atoms with Gasteiger partial charge in [-0.2, -0.15) is 11.3 Å². The fourth-order valence-corrected chi connectivity index (χ4v) is 4.20. The molecule has 1 amide bonds. The molecule has 4 nitrogen and oxygen atoms in total. The Morgan fingerprint density at radius 1 is 1.21 bits per heavy atom. The van der Waals surface area contributed by atoms with Crippen LogP contribution in [0.3, 0.4) is 0 Å². The maximum absolute atomic E-state index is 12.8. The minimum absolute atomic E-state index is 0. The minimum atomic E-state index is 0. The lowest BCUT2D eigenvalue weighted by Crippen LogP contribution is -2.32. The van der Waals surface area contributed by atoms with E-state index in [0.717, 1.165) is 48.7 Å². The Morgan fingerprint density at radius 3 is 2.50 bits per heavy atom. The van der Waals surface area contributed by atoms with Crippen molar-refractivity contribution < 1.29 is 4.79 Å². The van der Waals surface area contributed by atoms with Crippen LogP contribution in [0.4, 0.5) is 0 Å². The Balaban J connectivity index is 0.00000104. The second-order valence-corrected chi connectivity index (χ2v) is 7.01. The molecule has 4 rings (SSSR count). The standard InChI is InChI=1S/C17H19N3OS.2ClH/c1-11-15(2-3-16(19-11)12-4-5-22-10-12)17(21)20-8-13-6-18-7-14(13)9-20;;/h2-5,10,13-14,18H,6-9H2,1H3;2*1H/t13-,14+;;. The molecular formula is C17H21Cl2N3OS. The zero-order valence-corrected chi connectivity index (χ0v) is 15.8. The summed E-state index contributed by atoms with van der Waals surface area (Å²) in [6.07, 6.45) is 0. The second-order valence-electron chi connectivity index (χ2n) is 6.23. The summed E-state index contributed by atoms with van der Waals surface area (Å²) < 4.78 is 0. The summed E-state index contributed by atoms with van der Waals surface area (Å²) in [5.41, 5.74) is 3.63. The summed E-state index contributed by atoms with van der Waals surface area (Å²) in [5, 5.41) is 7.53. The molecule has 2 aliphatic rings. The Kier molecular flexibility index (Phi) is 6.26. The van der Waals surface area contributed by atoms with Crippen LogP contribution in [0.5, 0.6) is 0 Å². The van der Waals surface area contributed by atoms with Crippen molar-refractivity contribution in [2.45, 2.75) is 6.92 Å². The van der Waals surface area contributed by atoms with Crippen molar-refractivity contribution in [2.24, 2.45) is 11.8 Å². The van der Waals surface area contributed by atoms with Gasteiger partial charge in [-0.05, 0) is 42.3 Å². The van der Waals surface area contributed by atoms with Gasteiger partial charge in [0.25, 0.3) is 5.91 Å². The molecule has 0 unspecified atom stereocenters. The summed E-state index contributed by atoms with van der Waals surface area (Å²) in [6.45, 7) is 5.78. The van der Waals surface area contributed by atoms with E-state index in [2.05, 4.69) is 21.7 Å². The van der Waals surface area contributed by atoms with Gasteiger partial charge in [-0.1, -0.05) is 0 Å². The van der Waals surface area contributed by atoms with Crippen molar-refractivity contribution in [3.63, 3.8) is 0 Å². The van der Waals surface area contributed by atoms with Crippen molar-refractivity contribution >= 4 is 42.1 Å². The summed E-state index contributed by atoms with van der Waals surface area (Å²) in [6, 6.07) is 5.95. The average molecular weight is 386 g/mol. The molecule has 2 saturated heterocycles. The molecule has 0 aliphatic carbocycles. The number of halogens is 2. The number of aromatic nitrogens is 1. The number of thiophene rings is 1. The highest BCUT2D eigenvalue weighted by atomic mass is 35.5. The zero-order chi connectivity index (χ0) is 15.1. The number of hydrogen-bond donors (Lipinski definition) is 1. The molecule has 0 saturated carbocycles. The third-order valence-electron chi connectivity index (χ3n) is 4.81. The van der Waals surface area contributed by atoms with E-state index in [1.54, 1.807) is 11.3 Å². The lowest BCUT2D eigenvalue weighted by molar-refractivity contribution is 0.0780. The maximum atomic E-state index is 12.8. The van der Waals surface area contributed by atoms with Gasteiger partial charge in [0.2, 0.25) is 0 Å². The van der Waals surface area contributed by atoms with Crippen LogP contribution < -0.4 is 5.32 Å². The number of carbonyl (C=O) groups excluding carboxylic acids is 1. The normalized spacial score (nSPS) is 21.8. The molecule has 0 spiro atoms. The van der Waals surface area contributed by atoms with Gasteiger partial charge in [0.15, 0.2) is 0 Å². The SMILES string of the molecule is Cc1nc(-c2ccsc2)ccc1C(=O)N1C[C@H]2CNC[C@H]2C1.Cl.Cl. The Hall–Kier alpha value is -1.14. The first kappa shape index (κ1) is 19.2. The van der Waals surface area contributed by atoms with Gasteiger partial charge < -0.3 is 10.2 Å². The number of likely N-dealkylation sites (tertiary alicyclic amines) is 1. The Bertz CT molecular complexity index is 696. The van der Waals surface area contributed by atoms with Crippen molar-refractivity contribution in [1.29, 1.82) is 0 Å². The lowest BCUT2D eigenvalue weighted by Gasteiger charge is -2.18. The van der Waals surface area contributed by atoms with Gasteiger partial charge >= 0.3 is 0 Å². The third-order valence-corrected chi connectivity index (χ3v) is 5.49. The fraction of sp³-hybridized carbons (Fsp3) is 0.412. The summed E-state index contributed by atoms with van der Waals surface area (Å²) in [4.78, 5) is 19.4. The van der Waals surface area contributed by atoms with E-state index in [4.69, 9.17) is 0 Å². The van der Waals surface area contributed by atoms with E-state index in [-0.39, 0.29) is 30.7 Å². The fourth-order valence-electron chi connectivity index (χ4n) is 3.55. The molecule has 2 atom stereocenters. The molecule has 2 fully saturated rings. The van der Waals surface area contributed by atoms with Crippen LogP contribution in [0.2, 0.25) is 0 Å². The van der Waals surface area contributed by atoms with E-state index >= 15 is 0 Å². The van der Waals surface area contributed by atoms with Crippen molar-refractivity contribution in [3.05, 3.63) is 40.2 Å². The van der Waals surface area contributed by atoms with Crippen LogP contribution in [0.1, 0.15) is 16.1 Å². The number of pyridine rings is 1. The first-order valence-corrected chi connectivity index (χ1v) is 8.67. The topological polar surface area (TPSA) is 45.2 Å². The highest BCUT2D eigenvalue weighted by molar-refractivity contribution is 7.08. The third kappa shape index (κ3) is 3.45. The molecule has 1 N–H and O–H groups in total. The van der Waals surface area contributed by atoms with Crippen LogP contribution >= 0.6 is 36.2 Å². The maximum Gasteiger partial charge on any atom is 0.255 e. The smallest absolute Gasteiger partial charge is 0.255 e. The highest BCUT2D eigenvalue weighted by Crippen LogP contribution is 2.28. The van der Waals surface area contributed by atoms with Crippen molar-refractivity contribution in [2.75, 3.05) is 26.2 Å². The quantitative estimate of drug-likeness (QED) is 0.862.